The number of aliphatic hydroxyl groups is 2. The summed E-state index contributed by atoms with van der Waals surface area (Å²) in [5, 5.41) is 23.4. The number of hydrogen-bond donors (Lipinski definition) is 2. The van der Waals surface area contributed by atoms with Crippen LogP contribution in [0.3, 0.4) is 0 Å². The number of aliphatic hydroxyl groups excluding tert-OH is 1. The van der Waals surface area contributed by atoms with E-state index in [0.29, 0.717) is 0 Å². The van der Waals surface area contributed by atoms with E-state index in [1.54, 1.807) is 13.8 Å². The zero-order valence-corrected chi connectivity index (χ0v) is 32.2. The minimum Gasteiger partial charge on any atom is -0.466 e. The van der Waals surface area contributed by atoms with E-state index in [1.165, 1.54) is 33.8 Å². The monoisotopic (exact) mass is 774 g/mol. The standard InChI is InChI=1S/C38H46O17/c1-11-15(2)29(43)55-34-35(6,7)26(25(31(45)49-10)51-17(4)40)37(9)20-12-13-36(8)23(22(20)28(52-18(5)41)38(34,48)33(37)47)24(50-16(3)39)32(46)54-27(36)19-14-21(42)53-30(19)44/h11,14,20-21,24-28,34,42,48H,12-13H2,1-10H3/b15-11+/t20-,21?,24+,25?,26-,27-,28-,34-,36+,37+,38-/m0/s1. The molecule has 5 rings (SSSR count). The van der Waals surface area contributed by atoms with Crippen LogP contribution in [0.15, 0.2) is 34.4 Å². The molecule has 2 heterocycles. The number of ether oxygens (including phenoxy) is 7. The highest BCUT2D eigenvalue weighted by atomic mass is 16.6. The second-order valence-electron chi connectivity index (χ2n) is 15.6. The van der Waals surface area contributed by atoms with E-state index in [0.717, 1.165) is 34.0 Å². The average Bonchev–Trinajstić information content (AvgIpc) is 3.43. The number of ketones is 1. The minimum atomic E-state index is -2.99. The largest absolute Gasteiger partial charge is 0.466 e. The number of rotatable bonds is 8. The first kappa shape index (κ1) is 41.3. The van der Waals surface area contributed by atoms with Crippen LogP contribution in [0.2, 0.25) is 0 Å². The van der Waals surface area contributed by atoms with Crippen LogP contribution in [-0.2, 0) is 71.5 Å². The van der Waals surface area contributed by atoms with Gasteiger partial charge in [0.1, 0.15) is 12.2 Å². The van der Waals surface area contributed by atoms with Crippen LogP contribution >= 0.6 is 0 Å². The first-order valence-corrected chi connectivity index (χ1v) is 17.7. The van der Waals surface area contributed by atoms with Gasteiger partial charge in [-0.05, 0) is 49.8 Å². The van der Waals surface area contributed by atoms with Crippen LogP contribution in [-0.4, -0.2) is 107 Å². The van der Waals surface area contributed by atoms with Gasteiger partial charge < -0.3 is 43.4 Å². The summed E-state index contributed by atoms with van der Waals surface area (Å²) < 4.78 is 38.8. The molecule has 0 aromatic carbocycles. The highest BCUT2D eigenvalue weighted by Crippen LogP contribution is 2.69. The van der Waals surface area contributed by atoms with Gasteiger partial charge in [0.05, 0.1) is 12.7 Å². The van der Waals surface area contributed by atoms with Crippen molar-refractivity contribution in [1.82, 2.24) is 0 Å². The summed E-state index contributed by atoms with van der Waals surface area (Å²) in [5.74, 6) is -10.9. The third-order valence-electron chi connectivity index (χ3n) is 12.0. The summed E-state index contributed by atoms with van der Waals surface area (Å²) in [6.45, 7) is 12.0. The summed E-state index contributed by atoms with van der Waals surface area (Å²) in [4.78, 5) is 108. The van der Waals surface area contributed by atoms with Crippen molar-refractivity contribution in [2.75, 3.05) is 7.11 Å². The molecule has 0 amide bonds. The molecule has 0 radical (unpaired) electrons. The number of carbonyl (C=O) groups excluding carboxylic acids is 8. The third kappa shape index (κ3) is 6.15. The fraction of sp³-hybridized carbons (Fsp3) is 0.632. The van der Waals surface area contributed by atoms with Gasteiger partial charge in [-0.3, -0.25) is 19.2 Å². The maximum Gasteiger partial charge on any atom is 0.352 e. The van der Waals surface area contributed by atoms with Gasteiger partial charge in [0.25, 0.3) is 0 Å². The molecule has 2 bridgehead atoms. The Balaban J connectivity index is 1.96. The molecule has 17 heteroatoms. The van der Waals surface area contributed by atoms with Crippen molar-refractivity contribution in [2.24, 2.45) is 28.1 Å². The van der Waals surface area contributed by atoms with Crippen LogP contribution in [0.25, 0.3) is 0 Å². The quantitative estimate of drug-likeness (QED) is 0.153. The summed E-state index contributed by atoms with van der Waals surface area (Å²) in [6.07, 6.45) is -8.58. The molecule has 2 aliphatic heterocycles. The highest BCUT2D eigenvalue weighted by Gasteiger charge is 2.80. The summed E-state index contributed by atoms with van der Waals surface area (Å²) in [5.41, 5.74) is -8.64. The molecular weight excluding hydrogens is 728 g/mol. The maximum absolute atomic E-state index is 15.4. The van der Waals surface area contributed by atoms with Crippen molar-refractivity contribution in [3.05, 3.63) is 34.4 Å². The van der Waals surface area contributed by atoms with Gasteiger partial charge in [-0.15, -0.1) is 0 Å². The van der Waals surface area contributed by atoms with Gasteiger partial charge in [-0.1, -0.05) is 33.8 Å². The zero-order valence-electron chi connectivity index (χ0n) is 32.2. The summed E-state index contributed by atoms with van der Waals surface area (Å²) in [7, 11) is 1.04. The molecule has 0 spiro atoms. The average molecular weight is 775 g/mol. The second kappa shape index (κ2) is 14.0. The number of esters is 7. The number of allylic oxidation sites excluding steroid dienone is 1. The van der Waals surface area contributed by atoms with Gasteiger partial charge in [-0.2, -0.15) is 0 Å². The first-order valence-electron chi connectivity index (χ1n) is 17.7. The molecule has 2 unspecified atom stereocenters. The van der Waals surface area contributed by atoms with Gasteiger partial charge in [0.15, 0.2) is 11.9 Å². The van der Waals surface area contributed by atoms with Crippen LogP contribution < -0.4 is 0 Å². The molecular formula is C38H46O17. The van der Waals surface area contributed by atoms with Crippen molar-refractivity contribution in [1.29, 1.82) is 0 Å². The predicted molar refractivity (Wildman–Crippen MR) is 181 cm³/mol. The number of fused-ring (bicyclic) bond motifs is 5. The van der Waals surface area contributed by atoms with Crippen LogP contribution in [0.4, 0.5) is 0 Å². The number of cyclic esters (lactones) is 2. The van der Waals surface area contributed by atoms with Gasteiger partial charge in [0, 0.05) is 48.5 Å². The zero-order chi connectivity index (χ0) is 41.3. The molecule has 2 saturated carbocycles. The van der Waals surface area contributed by atoms with Gasteiger partial charge in [-0.25, -0.2) is 19.2 Å². The van der Waals surface area contributed by atoms with E-state index in [9.17, 15) is 43.8 Å². The molecule has 1 saturated heterocycles. The fourth-order valence-corrected chi connectivity index (χ4v) is 9.85. The topological polar surface area (TPSA) is 242 Å². The van der Waals surface area contributed by atoms with Crippen molar-refractivity contribution < 1.29 is 81.7 Å². The Hall–Kier alpha value is -4.90. The minimum absolute atomic E-state index is 0.0382. The number of methoxy groups -OCH3 is 1. The van der Waals surface area contributed by atoms with E-state index >= 15 is 4.79 Å². The first-order chi connectivity index (χ1) is 25.4. The lowest BCUT2D eigenvalue weighted by molar-refractivity contribution is -0.267. The molecule has 3 aliphatic carbocycles. The molecule has 0 aromatic heterocycles. The second-order valence-corrected chi connectivity index (χ2v) is 15.6. The van der Waals surface area contributed by atoms with E-state index in [2.05, 4.69) is 0 Å². The molecule has 2 N–H and O–H groups in total. The van der Waals surface area contributed by atoms with Crippen LogP contribution in [0.5, 0.6) is 0 Å². The Morgan fingerprint density at radius 1 is 0.927 bits per heavy atom. The number of Topliss-reactive ketones (excluding diaryl/α,β-unsaturated/α-hetero) is 1. The molecule has 300 valence electrons. The highest BCUT2D eigenvalue weighted by molar-refractivity contribution is 6.01. The van der Waals surface area contributed by atoms with Crippen molar-refractivity contribution in [3.8, 4) is 0 Å². The van der Waals surface area contributed by atoms with E-state index in [-0.39, 0.29) is 35.1 Å². The molecule has 5 aliphatic rings. The van der Waals surface area contributed by atoms with E-state index < -0.39 is 118 Å². The Kier molecular flexibility index (Phi) is 10.5. The molecule has 11 atom stereocenters. The SMILES string of the molecule is C/C=C(\C)C(=O)O[C@H]1C(C)(C)[C@H](C(OC(C)=O)C(=O)OC)[C@]2(C)C(=O)[C@@]1(O)[C@@H](OC(C)=O)C1=C3[C@@H](OC(C)=O)C(=O)O[C@@H](C4=CC(O)OC4=O)[C@]3(C)CC[C@@H]12. The van der Waals surface area contributed by atoms with Crippen molar-refractivity contribution in [2.45, 2.75) is 118 Å². The molecule has 3 fully saturated rings. The van der Waals surface area contributed by atoms with Gasteiger partial charge in [0.2, 0.25) is 24.1 Å². The Bertz CT molecular complexity index is 1850. The third-order valence-corrected chi connectivity index (χ3v) is 12.0. The number of carbonyl (C=O) groups is 8. The Morgan fingerprint density at radius 2 is 1.55 bits per heavy atom. The predicted octanol–water partition coefficient (Wildman–Crippen LogP) is 1.25. The van der Waals surface area contributed by atoms with Crippen molar-refractivity contribution in [3.63, 3.8) is 0 Å². The van der Waals surface area contributed by atoms with Crippen LogP contribution in [0.1, 0.15) is 75.2 Å². The molecule has 17 nitrogen and oxygen atoms in total. The van der Waals surface area contributed by atoms with Crippen LogP contribution in [0, 0.1) is 28.1 Å². The molecule has 0 aromatic rings. The fourth-order valence-electron chi connectivity index (χ4n) is 9.85. The summed E-state index contributed by atoms with van der Waals surface area (Å²) in [6, 6.07) is 0. The van der Waals surface area contributed by atoms with E-state index in [4.69, 9.17) is 33.2 Å². The maximum atomic E-state index is 15.4. The van der Waals surface area contributed by atoms with E-state index in [1.807, 2.05) is 0 Å². The lowest BCUT2D eigenvalue weighted by atomic mass is 9.38. The van der Waals surface area contributed by atoms with Crippen molar-refractivity contribution >= 4 is 47.6 Å². The smallest absolute Gasteiger partial charge is 0.352 e. The lowest BCUT2D eigenvalue weighted by Crippen LogP contribution is -2.81. The Labute approximate surface area is 316 Å². The lowest BCUT2D eigenvalue weighted by Gasteiger charge is -2.67. The number of hydrogen-bond acceptors (Lipinski definition) is 17. The summed E-state index contributed by atoms with van der Waals surface area (Å²) >= 11 is 0. The molecule has 55 heavy (non-hydrogen) atoms. The van der Waals surface area contributed by atoms with Gasteiger partial charge >= 0.3 is 41.8 Å². The normalized spacial score (nSPS) is 36.9. The Morgan fingerprint density at radius 3 is 2.05 bits per heavy atom.